The Morgan fingerprint density at radius 2 is 2.24 bits per heavy atom. The summed E-state index contributed by atoms with van der Waals surface area (Å²) in [6.45, 7) is 6.00. The number of hydrogen-bond donors (Lipinski definition) is 2. The van der Waals surface area contributed by atoms with Crippen molar-refractivity contribution in [3.8, 4) is 0 Å². The van der Waals surface area contributed by atoms with Gasteiger partial charge in [0, 0.05) is 6.54 Å². The van der Waals surface area contributed by atoms with E-state index in [-0.39, 0.29) is 5.41 Å². The Balaban J connectivity index is 2.11. The van der Waals surface area contributed by atoms with Crippen LogP contribution in [0.3, 0.4) is 0 Å². The summed E-state index contributed by atoms with van der Waals surface area (Å²) in [6.07, 6.45) is 2.60. The van der Waals surface area contributed by atoms with Crippen LogP contribution in [0.15, 0.2) is 17.8 Å². The van der Waals surface area contributed by atoms with Gasteiger partial charge in [0.2, 0.25) is 0 Å². The van der Waals surface area contributed by atoms with Gasteiger partial charge in [-0.05, 0) is 29.8 Å². The Kier molecular flexibility index (Phi) is 3.59. The van der Waals surface area contributed by atoms with Gasteiger partial charge in [-0.3, -0.25) is 0 Å². The first-order valence-corrected chi connectivity index (χ1v) is 6.62. The Hall–Kier alpha value is -1.20. The normalized spacial score (nSPS) is 11.9. The van der Waals surface area contributed by atoms with Crippen LogP contribution in [0.4, 0.5) is 5.82 Å². The largest absolute Gasteiger partial charge is 0.368 e. The molecule has 2 heterocycles. The molecule has 0 radical (unpaired) electrons. The molecule has 0 aliphatic rings. The van der Waals surface area contributed by atoms with Crippen LogP contribution in [0.5, 0.6) is 0 Å². The fraction of sp³-hybridized carbons (Fsp3) is 0.500. The lowest BCUT2D eigenvalue weighted by Crippen LogP contribution is -2.26. The van der Waals surface area contributed by atoms with Crippen molar-refractivity contribution < 1.29 is 0 Å². The summed E-state index contributed by atoms with van der Waals surface area (Å²) in [5.41, 5.74) is 6.79. The molecule has 0 saturated carbocycles. The molecule has 3 N–H and O–H groups in total. The molecule has 92 valence electrons. The molecule has 0 fully saturated rings. The summed E-state index contributed by atoms with van der Waals surface area (Å²) >= 11 is 1.67. The van der Waals surface area contributed by atoms with Crippen LogP contribution in [0.2, 0.25) is 0 Å². The van der Waals surface area contributed by atoms with E-state index in [9.17, 15) is 0 Å². The van der Waals surface area contributed by atoms with Gasteiger partial charge in [0.25, 0.3) is 0 Å². The minimum Gasteiger partial charge on any atom is -0.368 e. The number of nitrogens with two attached hydrogens (primary N) is 1. The lowest BCUT2D eigenvalue weighted by Gasteiger charge is -2.24. The molecule has 0 saturated heterocycles. The number of anilines is 1. The molecule has 2 rings (SSSR count). The van der Waals surface area contributed by atoms with Crippen molar-refractivity contribution in [1.29, 1.82) is 0 Å². The zero-order chi connectivity index (χ0) is 12.3. The summed E-state index contributed by atoms with van der Waals surface area (Å²) in [7, 11) is 0. The molecule has 0 atom stereocenters. The van der Waals surface area contributed by atoms with Gasteiger partial charge in [-0.2, -0.15) is 0 Å². The van der Waals surface area contributed by atoms with Crippen LogP contribution in [0.1, 0.15) is 20.3 Å². The summed E-state index contributed by atoms with van der Waals surface area (Å²) in [4.78, 5) is 8.52. The fourth-order valence-corrected chi connectivity index (χ4v) is 2.53. The van der Waals surface area contributed by atoms with Gasteiger partial charge in [-0.25, -0.2) is 9.97 Å². The maximum absolute atomic E-state index is 5.61. The van der Waals surface area contributed by atoms with E-state index in [2.05, 4.69) is 29.1 Å². The molecule has 0 aromatic carbocycles. The van der Waals surface area contributed by atoms with E-state index in [0.717, 1.165) is 29.0 Å². The Bertz CT molecular complexity index is 492. The summed E-state index contributed by atoms with van der Waals surface area (Å²) < 4.78 is 1.12. The van der Waals surface area contributed by atoms with Crippen molar-refractivity contribution in [2.45, 2.75) is 20.3 Å². The van der Waals surface area contributed by atoms with Crippen molar-refractivity contribution in [2.75, 3.05) is 18.4 Å². The minimum absolute atomic E-state index is 0.184. The topological polar surface area (TPSA) is 63.8 Å². The van der Waals surface area contributed by atoms with Crippen molar-refractivity contribution >= 4 is 27.4 Å². The van der Waals surface area contributed by atoms with E-state index in [1.54, 1.807) is 17.7 Å². The second-order valence-electron chi connectivity index (χ2n) is 4.91. The zero-order valence-corrected chi connectivity index (χ0v) is 11.0. The van der Waals surface area contributed by atoms with Crippen molar-refractivity contribution in [3.63, 3.8) is 0 Å². The van der Waals surface area contributed by atoms with E-state index in [4.69, 9.17) is 5.73 Å². The van der Waals surface area contributed by atoms with E-state index in [1.807, 2.05) is 11.4 Å². The number of nitrogens with zero attached hydrogens (tertiary/aromatic N) is 2. The summed E-state index contributed by atoms with van der Waals surface area (Å²) in [5, 5.41) is 5.44. The van der Waals surface area contributed by atoms with E-state index >= 15 is 0 Å². The first-order valence-electron chi connectivity index (χ1n) is 5.74. The fourth-order valence-electron chi connectivity index (χ4n) is 1.72. The van der Waals surface area contributed by atoms with E-state index in [0.29, 0.717) is 6.54 Å². The molecule has 2 aromatic heterocycles. The highest BCUT2D eigenvalue weighted by Crippen LogP contribution is 2.26. The van der Waals surface area contributed by atoms with Gasteiger partial charge in [0.15, 0.2) is 0 Å². The summed E-state index contributed by atoms with van der Waals surface area (Å²) in [6, 6.07) is 2.01. The van der Waals surface area contributed by atoms with Crippen LogP contribution < -0.4 is 11.1 Å². The number of aromatic nitrogens is 2. The van der Waals surface area contributed by atoms with Gasteiger partial charge < -0.3 is 11.1 Å². The Labute approximate surface area is 105 Å². The lowest BCUT2D eigenvalue weighted by atomic mass is 9.89. The van der Waals surface area contributed by atoms with Gasteiger partial charge in [-0.15, -0.1) is 11.3 Å². The molecule has 5 heteroatoms. The van der Waals surface area contributed by atoms with Crippen LogP contribution in [-0.2, 0) is 0 Å². The van der Waals surface area contributed by atoms with Crippen LogP contribution >= 0.6 is 11.3 Å². The molecule has 0 bridgehead atoms. The average molecular weight is 250 g/mol. The average Bonchev–Trinajstić information content (AvgIpc) is 2.74. The Morgan fingerprint density at radius 3 is 3.00 bits per heavy atom. The predicted octanol–water partition coefficient (Wildman–Crippen LogP) is 2.48. The summed E-state index contributed by atoms with van der Waals surface area (Å²) in [5.74, 6) is 0.926. The van der Waals surface area contributed by atoms with Crippen LogP contribution in [0.25, 0.3) is 10.2 Å². The second-order valence-corrected chi connectivity index (χ2v) is 5.83. The molecule has 0 spiro atoms. The maximum atomic E-state index is 5.61. The van der Waals surface area contributed by atoms with E-state index < -0.39 is 0 Å². The first kappa shape index (κ1) is 12.3. The third kappa shape index (κ3) is 2.92. The standard InChI is InChI=1S/C12H18N4S/c1-12(2,4-5-13)7-14-11-10-9(3-6-17-10)15-8-16-11/h3,6,8H,4-5,7,13H2,1-2H3,(H,14,15,16). The van der Waals surface area contributed by atoms with Crippen molar-refractivity contribution in [2.24, 2.45) is 11.1 Å². The molecule has 2 aromatic rings. The van der Waals surface area contributed by atoms with Gasteiger partial charge >= 0.3 is 0 Å². The highest BCUT2D eigenvalue weighted by molar-refractivity contribution is 7.17. The predicted molar refractivity (Wildman–Crippen MR) is 73.4 cm³/mol. The highest BCUT2D eigenvalue weighted by Gasteiger charge is 2.17. The number of fused-ring (bicyclic) bond motifs is 1. The van der Waals surface area contributed by atoms with Gasteiger partial charge in [0.05, 0.1) is 10.2 Å². The zero-order valence-electron chi connectivity index (χ0n) is 10.2. The number of nitrogens with one attached hydrogen (secondary N) is 1. The molecule has 17 heavy (non-hydrogen) atoms. The monoisotopic (exact) mass is 250 g/mol. The Morgan fingerprint density at radius 1 is 1.41 bits per heavy atom. The SMILES string of the molecule is CC(C)(CCN)CNc1ncnc2ccsc12. The van der Waals surface area contributed by atoms with Crippen molar-refractivity contribution in [3.05, 3.63) is 17.8 Å². The quantitative estimate of drug-likeness (QED) is 0.855. The molecular formula is C12H18N4S. The second kappa shape index (κ2) is 4.98. The first-order chi connectivity index (χ1) is 8.12. The van der Waals surface area contributed by atoms with Crippen LogP contribution in [-0.4, -0.2) is 23.1 Å². The molecule has 0 unspecified atom stereocenters. The molecule has 4 nitrogen and oxygen atoms in total. The highest BCUT2D eigenvalue weighted by atomic mass is 32.1. The smallest absolute Gasteiger partial charge is 0.147 e. The van der Waals surface area contributed by atoms with Crippen LogP contribution in [0, 0.1) is 5.41 Å². The molecule has 0 aliphatic heterocycles. The van der Waals surface area contributed by atoms with Gasteiger partial charge in [-0.1, -0.05) is 13.8 Å². The van der Waals surface area contributed by atoms with Gasteiger partial charge in [0.1, 0.15) is 12.1 Å². The lowest BCUT2D eigenvalue weighted by molar-refractivity contribution is 0.365. The van der Waals surface area contributed by atoms with Crippen molar-refractivity contribution in [1.82, 2.24) is 9.97 Å². The maximum Gasteiger partial charge on any atom is 0.147 e. The number of hydrogen-bond acceptors (Lipinski definition) is 5. The minimum atomic E-state index is 0.184. The number of rotatable bonds is 5. The number of thiophene rings is 1. The molecular weight excluding hydrogens is 232 g/mol. The molecule has 0 amide bonds. The third-order valence-electron chi connectivity index (χ3n) is 2.80. The van der Waals surface area contributed by atoms with E-state index in [1.165, 1.54) is 0 Å². The third-order valence-corrected chi connectivity index (χ3v) is 3.71. The molecule has 0 aliphatic carbocycles.